The zero-order valence-electron chi connectivity index (χ0n) is 9.77. The van der Waals surface area contributed by atoms with Gasteiger partial charge < -0.3 is 10.2 Å². The molecule has 2 aromatic carbocycles. The summed E-state index contributed by atoms with van der Waals surface area (Å²) in [6, 6.07) is 11.5. The second-order valence-electron chi connectivity index (χ2n) is 4.20. The Morgan fingerprint density at radius 1 is 1.17 bits per heavy atom. The normalized spacial score (nSPS) is 11.0. The van der Waals surface area contributed by atoms with E-state index < -0.39 is 0 Å². The molecule has 3 rings (SSSR count). The van der Waals surface area contributed by atoms with Gasteiger partial charge in [-0.15, -0.1) is 0 Å². The molecule has 0 saturated heterocycles. The molecule has 3 aromatic rings. The minimum Gasteiger partial charge on any atom is -0.436 e. The van der Waals surface area contributed by atoms with E-state index in [9.17, 15) is 0 Å². The average molecular weight is 303 g/mol. The van der Waals surface area contributed by atoms with E-state index in [4.69, 9.17) is 10.2 Å². The van der Waals surface area contributed by atoms with Crippen LogP contribution in [0.1, 0.15) is 5.56 Å². The topological polar surface area (TPSA) is 52.0 Å². The van der Waals surface area contributed by atoms with Crippen LogP contribution < -0.4 is 5.73 Å². The van der Waals surface area contributed by atoms with Crippen molar-refractivity contribution in [2.45, 2.75) is 6.92 Å². The number of nitrogens with two attached hydrogens (primary N) is 1. The van der Waals surface area contributed by atoms with Gasteiger partial charge in [0.25, 0.3) is 0 Å². The van der Waals surface area contributed by atoms with Gasteiger partial charge in [0.2, 0.25) is 5.89 Å². The van der Waals surface area contributed by atoms with E-state index in [1.807, 2.05) is 43.3 Å². The van der Waals surface area contributed by atoms with Crippen LogP contribution in [0.2, 0.25) is 0 Å². The molecule has 0 spiro atoms. The maximum Gasteiger partial charge on any atom is 0.227 e. The first-order valence-corrected chi connectivity index (χ1v) is 6.35. The third-order valence-electron chi connectivity index (χ3n) is 2.87. The van der Waals surface area contributed by atoms with Crippen LogP contribution in [-0.2, 0) is 0 Å². The average Bonchev–Trinajstić information content (AvgIpc) is 2.75. The minimum absolute atomic E-state index is 0.617. The number of nitrogen functional groups attached to an aromatic ring is 1. The van der Waals surface area contributed by atoms with E-state index in [1.165, 1.54) is 0 Å². The summed E-state index contributed by atoms with van der Waals surface area (Å²) in [5, 5.41) is 0. The van der Waals surface area contributed by atoms with E-state index in [1.54, 1.807) is 0 Å². The molecule has 0 radical (unpaired) electrons. The van der Waals surface area contributed by atoms with E-state index in [2.05, 4.69) is 20.9 Å². The van der Waals surface area contributed by atoms with Crippen molar-refractivity contribution in [1.82, 2.24) is 4.98 Å². The zero-order valence-corrected chi connectivity index (χ0v) is 11.4. The SMILES string of the molecule is Cc1cc(-c2nc3cc(Br)ccc3o2)ccc1N. The summed E-state index contributed by atoms with van der Waals surface area (Å²) < 4.78 is 6.72. The molecule has 0 saturated carbocycles. The Balaban J connectivity index is 2.16. The van der Waals surface area contributed by atoms with E-state index in [0.717, 1.165) is 32.4 Å². The van der Waals surface area contributed by atoms with Crippen LogP contribution in [0.3, 0.4) is 0 Å². The number of hydrogen-bond acceptors (Lipinski definition) is 3. The van der Waals surface area contributed by atoms with Crippen molar-refractivity contribution in [3.63, 3.8) is 0 Å². The highest BCUT2D eigenvalue weighted by Gasteiger charge is 2.09. The Hall–Kier alpha value is -1.81. The van der Waals surface area contributed by atoms with Crippen LogP contribution in [0.5, 0.6) is 0 Å². The summed E-state index contributed by atoms with van der Waals surface area (Å²) in [7, 11) is 0. The molecule has 2 N–H and O–H groups in total. The fourth-order valence-electron chi connectivity index (χ4n) is 1.83. The van der Waals surface area contributed by atoms with Crippen LogP contribution >= 0.6 is 15.9 Å². The van der Waals surface area contributed by atoms with Crippen LogP contribution in [0, 0.1) is 6.92 Å². The fraction of sp³-hybridized carbons (Fsp3) is 0.0714. The molecular weight excluding hydrogens is 292 g/mol. The van der Waals surface area contributed by atoms with Gasteiger partial charge in [0, 0.05) is 15.7 Å². The quantitative estimate of drug-likeness (QED) is 0.687. The second-order valence-corrected chi connectivity index (χ2v) is 5.12. The van der Waals surface area contributed by atoms with Crippen molar-refractivity contribution in [2.75, 3.05) is 5.73 Å². The minimum atomic E-state index is 0.617. The molecule has 4 heteroatoms. The highest BCUT2D eigenvalue weighted by atomic mass is 79.9. The maximum absolute atomic E-state index is 5.80. The van der Waals surface area contributed by atoms with Crippen LogP contribution in [0.4, 0.5) is 5.69 Å². The first kappa shape index (κ1) is 11.3. The number of fused-ring (bicyclic) bond motifs is 1. The van der Waals surface area contributed by atoms with Gasteiger partial charge in [-0.25, -0.2) is 4.98 Å². The van der Waals surface area contributed by atoms with Gasteiger partial charge in [0.05, 0.1) is 0 Å². The molecule has 0 fully saturated rings. The molecule has 0 bridgehead atoms. The summed E-state index contributed by atoms with van der Waals surface area (Å²) in [6.45, 7) is 1.97. The Labute approximate surface area is 113 Å². The summed E-state index contributed by atoms with van der Waals surface area (Å²) in [6.07, 6.45) is 0. The molecular formula is C14H11BrN2O. The van der Waals surface area contributed by atoms with Crippen molar-refractivity contribution >= 4 is 32.7 Å². The lowest BCUT2D eigenvalue weighted by atomic mass is 10.1. The Bertz CT molecular complexity index is 734. The highest BCUT2D eigenvalue weighted by molar-refractivity contribution is 9.10. The van der Waals surface area contributed by atoms with E-state index >= 15 is 0 Å². The Morgan fingerprint density at radius 3 is 2.78 bits per heavy atom. The monoisotopic (exact) mass is 302 g/mol. The lowest BCUT2D eigenvalue weighted by Crippen LogP contribution is -1.89. The first-order valence-electron chi connectivity index (χ1n) is 5.56. The molecule has 0 atom stereocenters. The first-order chi connectivity index (χ1) is 8.63. The number of halogens is 1. The summed E-state index contributed by atoms with van der Waals surface area (Å²) in [5.41, 5.74) is 10.2. The van der Waals surface area contributed by atoms with Gasteiger partial charge >= 0.3 is 0 Å². The fourth-order valence-corrected chi connectivity index (χ4v) is 2.18. The van der Waals surface area contributed by atoms with Crippen molar-refractivity contribution in [1.29, 1.82) is 0 Å². The number of rotatable bonds is 1. The number of aromatic nitrogens is 1. The van der Waals surface area contributed by atoms with Crippen molar-refractivity contribution in [3.8, 4) is 11.5 Å². The molecule has 0 aliphatic rings. The van der Waals surface area contributed by atoms with Crippen LogP contribution in [-0.4, -0.2) is 4.98 Å². The number of anilines is 1. The molecule has 0 aliphatic carbocycles. The molecule has 0 amide bonds. The molecule has 1 aromatic heterocycles. The number of nitrogens with zero attached hydrogens (tertiary/aromatic N) is 1. The lowest BCUT2D eigenvalue weighted by molar-refractivity contribution is 0.620. The predicted octanol–water partition coefficient (Wildman–Crippen LogP) is 4.15. The number of aryl methyl sites for hydroxylation is 1. The highest BCUT2D eigenvalue weighted by Crippen LogP contribution is 2.27. The Kier molecular flexibility index (Phi) is 2.59. The van der Waals surface area contributed by atoms with Crippen LogP contribution in [0.25, 0.3) is 22.6 Å². The third kappa shape index (κ3) is 1.88. The molecule has 90 valence electrons. The number of benzene rings is 2. The van der Waals surface area contributed by atoms with Crippen LogP contribution in [0.15, 0.2) is 45.3 Å². The van der Waals surface area contributed by atoms with E-state index in [-0.39, 0.29) is 0 Å². The Morgan fingerprint density at radius 2 is 2.00 bits per heavy atom. The van der Waals surface area contributed by atoms with Crippen molar-refractivity contribution in [3.05, 3.63) is 46.4 Å². The van der Waals surface area contributed by atoms with Gasteiger partial charge in [-0.3, -0.25) is 0 Å². The van der Waals surface area contributed by atoms with Crippen molar-refractivity contribution in [2.24, 2.45) is 0 Å². The number of oxazole rings is 1. The molecule has 0 aliphatic heterocycles. The molecule has 3 nitrogen and oxygen atoms in total. The second kappa shape index (κ2) is 4.14. The summed E-state index contributed by atoms with van der Waals surface area (Å²) in [5.74, 6) is 0.617. The smallest absolute Gasteiger partial charge is 0.227 e. The van der Waals surface area contributed by atoms with E-state index in [0.29, 0.717) is 5.89 Å². The van der Waals surface area contributed by atoms with Crippen molar-refractivity contribution < 1.29 is 4.42 Å². The molecule has 1 heterocycles. The largest absolute Gasteiger partial charge is 0.436 e. The standard InChI is InChI=1S/C14H11BrN2O/c1-8-6-9(2-4-11(8)16)14-17-12-7-10(15)3-5-13(12)18-14/h2-7H,16H2,1H3. The van der Waals surface area contributed by atoms with Gasteiger partial charge in [0.15, 0.2) is 5.58 Å². The van der Waals surface area contributed by atoms with Gasteiger partial charge in [0.1, 0.15) is 5.52 Å². The summed E-state index contributed by atoms with van der Waals surface area (Å²) >= 11 is 3.42. The third-order valence-corrected chi connectivity index (χ3v) is 3.36. The number of hydrogen-bond donors (Lipinski definition) is 1. The van der Waals surface area contributed by atoms with Gasteiger partial charge in [-0.1, -0.05) is 15.9 Å². The maximum atomic E-state index is 5.80. The molecule has 0 unspecified atom stereocenters. The predicted molar refractivity (Wildman–Crippen MR) is 76.3 cm³/mol. The summed E-state index contributed by atoms with van der Waals surface area (Å²) in [4.78, 5) is 4.48. The lowest BCUT2D eigenvalue weighted by Gasteiger charge is -2.00. The zero-order chi connectivity index (χ0) is 12.7. The van der Waals surface area contributed by atoms with Gasteiger partial charge in [-0.05, 0) is 48.9 Å². The van der Waals surface area contributed by atoms with Gasteiger partial charge in [-0.2, -0.15) is 0 Å². The molecule has 18 heavy (non-hydrogen) atoms.